The van der Waals surface area contributed by atoms with Crippen LogP contribution in [-0.2, 0) is 0 Å². The Balaban J connectivity index is 1.53. The number of fused-ring (bicyclic) bond motifs is 9. The van der Waals surface area contributed by atoms with Crippen LogP contribution in [0.15, 0.2) is 133 Å². The Kier molecular flexibility index (Phi) is 5.78. The van der Waals surface area contributed by atoms with Crippen LogP contribution in [0.4, 0.5) is 0 Å². The molecule has 0 radical (unpaired) electrons. The summed E-state index contributed by atoms with van der Waals surface area (Å²) in [6.45, 7) is 4.68. The molecule has 0 N–H and O–H groups in total. The van der Waals surface area contributed by atoms with E-state index in [9.17, 15) is 0 Å². The minimum Gasteiger partial charge on any atom is -0.135 e. The maximum atomic E-state index is 2.34. The third-order valence-corrected chi connectivity index (χ3v) is 11.7. The topological polar surface area (TPSA) is 0 Å². The van der Waals surface area contributed by atoms with Crippen molar-refractivity contribution in [1.82, 2.24) is 0 Å². The van der Waals surface area contributed by atoms with E-state index in [1.165, 1.54) is 94.6 Å². The molecular formula is C42H28S2. The van der Waals surface area contributed by atoms with Crippen LogP contribution < -0.4 is 10.4 Å². The molecule has 2 heteroatoms. The summed E-state index contributed by atoms with van der Waals surface area (Å²) < 4.78 is 5.40. The zero-order valence-electron chi connectivity index (χ0n) is 24.5. The van der Waals surface area contributed by atoms with Gasteiger partial charge in [0.1, 0.15) is 0 Å². The molecule has 0 unspecified atom stereocenters. The van der Waals surface area contributed by atoms with Crippen LogP contribution in [-0.4, -0.2) is 0 Å². The number of rotatable bonds is 2. The summed E-state index contributed by atoms with van der Waals surface area (Å²) in [5.41, 5.74) is 5.28. The van der Waals surface area contributed by atoms with Gasteiger partial charge < -0.3 is 0 Å². The smallest absolute Gasteiger partial charge is 0.0430 e. The van der Waals surface area contributed by atoms with Gasteiger partial charge in [-0.2, -0.15) is 0 Å². The molecule has 0 bridgehead atoms. The summed E-state index contributed by atoms with van der Waals surface area (Å²) in [5, 5.41) is 13.2. The van der Waals surface area contributed by atoms with Crippen LogP contribution in [0.25, 0.3) is 73.0 Å². The molecule has 44 heavy (non-hydrogen) atoms. The van der Waals surface area contributed by atoms with Crippen LogP contribution in [0.1, 0.15) is 25.0 Å². The van der Waals surface area contributed by atoms with Crippen molar-refractivity contribution in [3.8, 4) is 0 Å². The first-order chi connectivity index (χ1) is 21.7. The molecule has 0 saturated heterocycles. The van der Waals surface area contributed by atoms with E-state index in [0.717, 1.165) is 0 Å². The Hall–Kier alpha value is -4.76. The molecule has 0 aliphatic carbocycles. The van der Waals surface area contributed by atoms with Crippen molar-refractivity contribution >= 4 is 95.7 Å². The normalized spacial score (nSPS) is 13.5. The lowest BCUT2D eigenvalue weighted by atomic mass is 9.90. The number of hydrogen-bond acceptors (Lipinski definition) is 2. The van der Waals surface area contributed by atoms with Crippen molar-refractivity contribution in [1.29, 1.82) is 0 Å². The van der Waals surface area contributed by atoms with Gasteiger partial charge in [-0.3, -0.25) is 0 Å². The molecule has 0 amide bonds. The molecule has 0 aliphatic heterocycles. The second-order valence-electron chi connectivity index (χ2n) is 11.7. The first kappa shape index (κ1) is 25.7. The molecule has 0 atom stereocenters. The third kappa shape index (κ3) is 3.68. The summed E-state index contributed by atoms with van der Waals surface area (Å²) in [6, 6.07) is 49.3. The van der Waals surface area contributed by atoms with E-state index < -0.39 is 0 Å². The molecular weight excluding hydrogens is 569 g/mol. The Bertz CT molecular complexity index is 2550. The number of thiophene rings is 2. The van der Waals surface area contributed by atoms with E-state index >= 15 is 0 Å². The molecule has 2 aromatic heterocycles. The van der Waals surface area contributed by atoms with Gasteiger partial charge in [-0.05, 0) is 80.2 Å². The second kappa shape index (κ2) is 9.89. The quantitative estimate of drug-likeness (QED) is 0.174. The fraction of sp³-hybridized carbons (Fsp3) is 0.0476. The van der Waals surface area contributed by atoms with Gasteiger partial charge in [0, 0.05) is 40.3 Å². The average Bonchev–Trinajstić information content (AvgIpc) is 3.66. The van der Waals surface area contributed by atoms with Crippen molar-refractivity contribution < 1.29 is 0 Å². The van der Waals surface area contributed by atoms with E-state index in [1.807, 2.05) is 22.7 Å². The molecule has 9 rings (SSSR count). The first-order valence-electron chi connectivity index (χ1n) is 15.1. The van der Waals surface area contributed by atoms with E-state index in [1.54, 1.807) is 0 Å². The van der Waals surface area contributed by atoms with E-state index in [-0.39, 0.29) is 0 Å². The van der Waals surface area contributed by atoms with Crippen molar-refractivity contribution in [2.75, 3.05) is 0 Å². The van der Waals surface area contributed by atoms with E-state index in [4.69, 9.17) is 0 Å². The Morgan fingerprint density at radius 1 is 0.341 bits per heavy atom. The number of benzene rings is 7. The van der Waals surface area contributed by atoms with Crippen molar-refractivity contribution in [3.05, 3.63) is 155 Å². The molecule has 7 aromatic carbocycles. The molecule has 9 aromatic rings. The molecule has 0 saturated carbocycles. The highest BCUT2D eigenvalue weighted by molar-refractivity contribution is 7.26. The average molecular weight is 597 g/mol. The Labute approximate surface area is 263 Å². The highest BCUT2D eigenvalue weighted by Crippen LogP contribution is 2.39. The third-order valence-electron chi connectivity index (χ3n) is 9.30. The fourth-order valence-corrected chi connectivity index (χ4v) is 9.82. The van der Waals surface area contributed by atoms with Crippen LogP contribution in [0.2, 0.25) is 0 Å². The molecule has 0 spiro atoms. The predicted molar refractivity (Wildman–Crippen MR) is 196 cm³/mol. The molecule has 0 aliphatic rings. The molecule has 208 valence electrons. The minimum atomic E-state index is 1.30. The summed E-state index contributed by atoms with van der Waals surface area (Å²) in [4.78, 5) is 0. The predicted octanol–water partition coefficient (Wildman–Crippen LogP) is 11.2. The van der Waals surface area contributed by atoms with Gasteiger partial charge in [-0.25, -0.2) is 0 Å². The minimum absolute atomic E-state index is 1.30. The van der Waals surface area contributed by atoms with E-state index in [0.29, 0.717) is 0 Å². The SMILES string of the molecule is C/C(c1cccc2c1sc1ccccc12)=c1\c(=C(/C)c2cccc3c2sc2ccccc23)c2ccccc2c2ccccc12. The molecule has 0 nitrogen and oxygen atoms in total. The van der Waals surface area contributed by atoms with Crippen molar-refractivity contribution in [2.45, 2.75) is 13.8 Å². The van der Waals surface area contributed by atoms with Crippen molar-refractivity contribution in [3.63, 3.8) is 0 Å². The lowest BCUT2D eigenvalue weighted by Gasteiger charge is -2.14. The lowest BCUT2D eigenvalue weighted by Crippen LogP contribution is -2.31. The van der Waals surface area contributed by atoms with Gasteiger partial charge >= 0.3 is 0 Å². The van der Waals surface area contributed by atoms with Crippen LogP contribution in [0.3, 0.4) is 0 Å². The van der Waals surface area contributed by atoms with Gasteiger partial charge in [0.2, 0.25) is 0 Å². The summed E-state index contributed by atoms with van der Waals surface area (Å²) >= 11 is 3.82. The second-order valence-corrected chi connectivity index (χ2v) is 13.8. The number of hydrogen-bond donors (Lipinski definition) is 0. The van der Waals surface area contributed by atoms with Crippen LogP contribution in [0, 0.1) is 0 Å². The van der Waals surface area contributed by atoms with Gasteiger partial charge in [0.25, 0.3) is 0 Å². The first-order valence-corrected chi connectivity index (χ1v) is 16.7. The van der Waals surface area contributed by atoms with Gasteiger partial charge in [0.05, 0.1) is 0 Å². The molecule has 0 fully saturated rings. The lowest BCUT2D eigenvalue weighted by molar-refractivity contribution is 1.49. The Morgan fingerprint density at radius 2 is 0.682 bits per heavy atom. The maximum Gasteiger partial charge on any atom is 0.0430 e. The standard InChI is InChI=1S/C42H28S2/c1-25(27-19-11-21-35-31-15-7-9-23-37(31)43-41(27)35)39-33-17-5-3-13-29(33)30-14-4-6-18-34(30)40(39)26(2)28-20-12-22-36-32-16-8-10-24-38(32)44-42(28)36/h3-24H,1-2H3/b39-25+,40-26+. The maximum absolute atomic E-state index is 2.34. The summed E-state index contributed by atoms with van der Waals surface area (Å²) in [6.07, 6.45) is 0. The monoisotopic (exact) mass is 596 g/mol. The summed E-state index contributed by atoms with van der Waals surface area (Å²) in [7, 11) is 0. The largest absolute Gasteiger partial charge is 0.135 e. The fourth-order valence-electron chi connectivity index (χ4n) is 7.27. The van der Waals surface area contributed by atoms with Crippen molar-refractivity contribution in [2.24, 2.45) is 0 Å². The summed E-state index contributed by atoms with van der Waals surface area (Å²) in [5.74, 6) is 0. The van der Waals surface area contributed by atoms with Gasteiger partial charge in [-0.15, -0.1) is 22.7 Å². The highest BCUT2D eigenvalue weighted by Gasteiger charge is 2.16. The highest BCUT2D eigenvalue weighted by atomic mass is 32.1. The molecule has 2 heterocycles. The zero-order valence-corrected chi connectivity index (χ0v) is 26.2. The van der Waals surface area contributed by atoms with Gasteiger partial charge in [0.15, 0.2) is 0 Å². The zero-order chi connectivity index (χ0) is 29.4. The van der Waals surface area contributed by atoms with E-state index in [2.05, 4.69) is 147 Å². The van der Waals surface area contributed by atoms with Crippen LogP contribution in [0.5, 0.6) is 0 Å². The Morgan fingerprint density at radius 3 is 1.11 bits per heavy atom. The van der Waals surface area contributed by atoms with Crippen LogP contribution >= 0.6 is 22.7 Å². The van der Waals surface area contributed by atoms with Gasteiger partial charge in [-0.1, -0.05) is 121 Å².